The maximum Gasteiger partial charge on any atom is 0.323 e. The van der Waals surface area contributed by atoms with Gasteiger partial charge in [0.25, 0.3) is 0 Å². The Balaban J connectivity index is 0.000000303. The van der Waals surface area contributed by atoms with E-state index in [4.69, 9.17) is 14.2 Å². The number of carboxylic acids is 1. The van der Waals surface area contributed by atoms with E-state index in [1.807, 2.05) is 36.4 Å². The van der Waals surface area contributed by atoms with E-state index >= 15 is 0 Å². The Kier molecular flexibility index (Phi) is 8.12. The molecule has 0 saturated heterocycles. The second-order valence-corrected chi connectivity index (χ2v) is 8.06. The van der Waals surface area contributed by atoms with Crippen molar-refractivity contribution in [1.29, 1.82) is 0 Å². The van der Waals surface area contributed by atoms with Crippen LogP contribution in [-0.4, -0.2) is 42.1 Å². The smallest absolute Gasteiger partial charge is 0.323 e. The fourth-order valence-electron chi connectivity index (χ4n) is 3.14. The van der Waals surface area contributed by atoms with Gasteiger partial charge in [-0.2, -0.15) is 0 Å². The Bertz CT molecular complexity index is 923. The molecule has 0 aliphatic rings. The van der Waals surface area contributed by atoms with Crippen LogP contribution in [0.5, 0.6) is 11.5 Å². The summed E-state index contributed by atoms with van der Waals surface area (Å²) in [4.78, 5) is 11.2. The van der Waals surface area contributed by atoms with Gasteiger partial charge in [0.15, 0.2) is 0 Å². The molecule has 3 aromatic rings. The van der Waals surface area contributed by atoms with Crippen LogP contribution in [0.25, 0.3) is 21.8 Å². The number of rotatable bonds is 7. The summed E-state index contributed by atoms with van der Waals surface area (Å²) in [5.74, 6) is 0.507. The SMILES string of the molecule is CCCCOC(C)(C)C.COc1ccc2c3ccc(OC)cc3n(CC(=O)O)c2c1. The highest BCUT2D eigenvalue weighted by molar-refractivity contribution is 6.09. The van der Waals surface area contributed by atoms with Gasteiger partial charge in [-0.25, -0.2) is 0 Å². The third kappa shape index (κ3) is 6.13. The van der Waals surface area contributed by atoms with Gasteiger partial charge >= 0.3 is 5.97 Å². The number of methoxy groups -OCH3 is 2. The highest BCUT2D eigenvalue weighted by Crippen LogP contribution is 2.33. The van der Waals surface area contributed by atoms with Gasteiger partial charge in [-0.1, -0.05) is 13.3 Å². The van der Waals surface area contributed by atoms with Gasteiger partial charge in [0.2, 0.25) is 0 Å². The zero-order chi connectivity index (χ0) is 22.3. The summed E-state index contributed by atoms with van der Waals surface area (Å²) >= 11 is 0. The molecule has 0 fully saturated rings. The van der Waals surface area contributed by atoms with Crippen LogP contribution in [0.2, 0.25) is 0 Å². The van der Waals surface area contributed by atoms with Crippen molar-refractivity contribution in [2.45, 2.75) is 52.7 Å². The van der Waals surface area contributed by atoms with Crippen molar-refractivity contribution in [1.82, 2.24) is 4.57 Å². The minimum atomic E-state index is -0.889. The lowest BCUT2D eigenvalue weighted by atomic mass is 10.1. The Hall–Kier alpha value is -2.73. The maximum atomic E-state index is 11.2. The Morgan fingerprint density at radius 2 is 1.47 bits per heavy atom. The van der Waals surface area contributed by atoms with Gasteiger partial charge in [-0.05, 0) is 51.5 Å². The monoisotopic (exact) mass is 415 g/mol. The molecular weight excluding hydrogens is 382 g/mol. The van der Waals surface area contributed by atoms with Gasteiger partial charge in [0, 0.05) is 29.5 Å². The van der Waals surface area contributed by atoms with Crippen molar-refractivity contribution >= 4 is 27.8 Å². The van der Waals surface area contributed by atoms with Gasteiger partial charge in [-0.15, -0.1) is 0 Å². The van der Waals surface area contributed by atoms with E-state index in [-0.39, 0.29) is 12.1 Å². The van der Waals surface area contributed by atoms with Crippen LogP contribution < -0.4 is 9.47 Å². The lowest BCUT2D eigenvalue weighted by Crippen LogP contribution is -2.19. The number of aromatic nitrogens is 1. The fourth-order valence-corrected chi connectivity index (χ4v) is 3.14. The number of ether oxygens (including phenoxy) is 3. The summed E-state index contributed by atoms with van der Waals surface area (Å²) in [6, 6.07) is 11.3. The van der Waals surface area contributed by atoms with Crippen LogP contribution in [0.15, 0.2) is 36.4 Å². The van der Waals surface area contributed by atoms with Crippen LogP contribution in [0.1, 0.15) is 40.5 Å². The quantitative estimate of drug-likeness (QED) is 0.516. The lowest BCUT2D eigenvalue weighted by molar-refractivity contribution is -0.137. The zero-order valence-electron chi connectivity index (χ0n) is 18.8. The summed E-state index contributed by atoms with van der Waals surface area (Å²) in [6.45, 7) is 9.22. The molecule has 1 N–H and O–H groups in total. The summed E-state index contributed by atoms with van der Waals surface area (Å²) in [6.07, 6.45) is 2.40. The largest absolute Gasteiger partial charge is 0.497 e. The highest BCUT2D eigenvalue weighted by atomic mass is 16.5. The molecule has 6 nitrogen and oxygen atoms in total. The Morgan fingerprint density at radius 3 is 1.83 bits per heavy atom. The molecule has 0 aliphatic heterocycles. The van der Waals surface area contributed by atoms with E-state index in [1.165, 1.54) is 12.8 Å². The second-order valence-electron chi connectivity index (χ2n) is 8.06. The molecule has 30 heavy (non-hydrogen) atoms. The Labute approximate surface area is 178 Å². The van der Waals surface area contributed by atoms with Crippen molar-refractivity contribution in [3.8, 4) is 11.5 Å². The number of hydrogen-bond acceptors (Lipinski definition) is 4. The first kappa shape index (κ1) is 23.5. The molecule has 0 unspecified atom stereocenters. The number of benzene rings is 2. The van der Waals surface area contributed by atoms with E-state index in [0.29, 0.717) is 11.5 Å². The summed E-state index contributed by atoms with van der Waals surface area (Å²) in [5, 5.41) is 11.2. The number of nitrogens with zero attached hydrogens (tertiary/aromatic N) is 1. The van der Waals surface area contributed by atoms with E-state index in [0.717, 1.165) is 28.4 Å². The molecule has 0 amide bonds. The summed E-state index contributed by atoms with van der Waals surface area (Å²) < 4.78 is 17.7. The molecule has 164 valence electrons. The van der Waals surface area contributed by atoms with E-state index in [2.05, 4.69) is 27.7 Å². The third-order valence-electron chi connectivity index (χ3n) is 4.61. The topological polar surface area (TPSA) is 69.9 Å². The van der Waals surface area contributed by atoms with Crippen LogP contribution in [0.3, 0.4) is 0 Å². The van der Waals surface area contributed by atoms with Gasteiger partial charge in [0.1, 0.15) is 18.0 Å². The Morgan fingerprint density at radius 1 is 0.967 bits per heavy atom. The third-order valence-corrected chi connectivity index (χ3v) is 4.61. The van der Waals surface area contributed by atoms with Crippen LogP contribution in [-0.2, 0) is 16.1 Å². The van der Waals surface area contributed by atoms with Crippen LogP contribution in [0.4, 0.5) is 0 Å². The van der Waals surface area contributed by atoms with E-state index in [1.54, 1.807) is 18.8 Å². The van der Waals surface area contributed by atoms with E-state index < -0.39 is 5.97 Å². The van der Waals surface area contributed by atoms with Crippen molar-refractivity contribution in [2.75, 3.05) is 20.8 Å². The normalized spacial score (nSPS) is 11.3. The molecule has 1 heterocycles. The van der Waals surface area contributed by atoms with Gasteiger partial charge in [0.05, 0.1) is 30.9 Å². The standard InChI is InChI=1S/C16H15NO4.C8H18O/c1-20-10-3-5-12-13-6-4-11(21-2)8-15(13)17(9-16(18)19)14(12)7-10;1-5-6-7-9-8(2,3)4/h3-8H,9H2,1-2H3,(H,18,19);5-7H2,1-4H3. The molecule has 0 aliphatic carbocycles. The number of fused-ring (bicyclic) bond motifs is 3. The predicted octanol–water partition coefficient (Wildman–Crippen LogP) is 5.50. The number of carboxylic acid groups (broad SMARTS) is 1. The van der Waals surface area contributed by atoms with E-state index in [9.17, 15) is 9.90 Å². The zero-order valence-corrected chi connectivity index (χ0v) is 18.8. The van der Waals surface area contributed by atoms with Crippen LogP contribution in [0, 0.1) is 0 Å². The summed E-state index contributed by atoms with van der Waals surface area (Å²) in [7, 11) is 3.18. The van der Waals surface area contributed by atoms with Crippen molar-refractivity contribution in [3.05, 3.63) is 36.4 Å². The van der Waals surface area contributed by atoms with Gasteiger partial charge < -0.3 is 23.9 Å². The number of aliphatic carboxylic acids is 1. The molecule has 3 rings (SSSR count). The number of unbranched alkanes of at least 4 members (excludes halogenated alkanes) is 1. The number of hydrogen-bond donors (Lipinski definition) is 1. The molecule has 0 spiro atoms. The van der Waals surface area contributed by atoms with Crippen molar-refractivity contribution < 1.29 is 24.1 Å². The molecule has 0 radical (unpaired) electrons. The van der Waals surface area contributed by atoms with Crippen LogP contribution >= 0.6 is 0 Å². The van der Waals surface area contributed by atoms with Gasteiger partial charge in [-0.3, -0.25) is 4.79 Å². The molecule has 0 atom stereocenters. The molecule has 0 saturated carbocycles. The predicted molar refractivity (Wildman–Crippen MR) is 121 cm³/mol. The molecule has 6 heteroatoms. The minimum Gasteiger partial charge on any atom is -0.497 e. The average molecular weight is 416 g/mol. The number of carbonyl (C=O) groups is 1. The molecule has 2 aromatic carbocycles. The molecule has 1 aromatic heterocycles. The fraction of sp³-hybridized carbons (Fsp3) is 0.458. The average Bonchev–Trinajstić information content (AvgIpc) is 2.99. The molecular formula is C24H33NO5. The minimum absolute atomic E-state index is 0.0508. The van der Waals surface area contributed by atoms with Crippen molar-refractivity contribution in [3.63, 3.8) is 0 Å². The first-order valence-electron chi connectivity index (χ1n) is 10.2. The second kappa shape index (κ2) is 10.3. The summed E-state index contributed by atoms with van der Waals surface area (Å²) in [5.41, 5.74) is 1.72. The molecule has 0 bridgehead atoms. The first-order chi connectivity index (χ1) is 14.2. The van der Waals surface area contributed by atoms with Crippen molar-refractivity contribution in [2.24, 2.45) is 0 Å². The maximum absolute atomic E-state index is 11.2. The highest BCUT2D eigenvalue weighted by Gasteiger charge is 2.14. The first-order valence-corrected chi connectivity index (χ1v) is 10.2. The lowest BCUT2D eigenvalue weighted by Gasteiger charge is -2.18.